The molecule has 2 amide bonds. The van der Waals surface area contributed by atoms with Crippen molar-refractivity contribution in [3.05, 3.63) is 29.8 Å². The lowest BCUT2D eigenvalue weighted by molar-refractivity contribution is -0.146. The molecule has 0 saturated carbocycles. The number of anilines is 1. The number of carbonyl (C=O) groups is 3. The second kappa shape index (κ2) is 7.92. The zero-order valence-electron chi connectivity index (χ0n) is 14.1. The predicted octanol–water partition coefficient (Wildman–Crippen LogP) is 1.44. The quantitative estimate of drug-likeness (QED) is 0.842. The molecule has 0 aliphatic carbocycles. The number of nitrogens with zero attached hydrogens (tertiary/aromatic N) is 1. The molecule has 1 aromatic carbocycles. The molecule has 1 aliphatic heterocycles. The number of hydrogen-bond acceptors (Lipinski definition) is 5. The van der Waals surface area contributed by atoms with Gasteiger partial charge in [-0.15, -0.1) is 0 Å². The average molecular weight is 334 g/mol. The number of nitrogens with one attached hydrogen (secondary N) is 1. The van der Waals surface area contributed by atoms with Crippen molar-refractivity contribution < 1.29 is 23.9 Å². The Morgan fingerprint density at radius 2 is 1.92 bits per heavy atom. The number of esters is 1. The summed E-state index contributed by atoms with van der Waals surface area (Å²) >= 11 is 0. The summed E-state index contributed by atoms with van der Waals surface area (Å²) in [4.78, 5) is 36.9. The van der Waals surface area contributed by atoms with Gasteiger partial charge in [0.05, 0.1) is 17.8 Å². The Kier molecular flexibility index (Phi) is 5.92. The molecule has 2 atom stereocenters. The Balaban J connectivity index is 1.90. The van der Waals surface area contributed by atoms with E-state index in [1.54, 1.807) is 23.1 Å². The van der Waals surface area contributed by atoms with Crippen molar-refractivity contribution in [2.45, 2.75) is 33.0 Å². The van der Waals surface area contributed by atoms with Crippen molar-refractivity contribution in [3.63, 3.8) is 0 Å². The first-order valence-electron chi connectivity index (χ1n) is 7.83. The maximum absolute atomic E-state index is 12.2. The van der Waals surface area contributed by atoms with Gasteiger partial charge in [0.1, 0.15) is 0 Å². The van der Waals surface area contributed by atoms with Gasteiger partial charge in [-0.2, -0.15) is 0 Å². The van der Waals surface area contributed by atoms with Crippen LogP contribution in [-0.2, 0) is 19.1 Å². The second-order valence-electron chi connectivity index (χ2n) is 5.89. The van der Waals surface area contributed by atoms with Gasteiger partial charge in [0.25, 0.3) is 5.91 Å². The number of benzene rings is 1. The molecule has 7 heteroatoms. The third-order valence-corrected chi connectivity index (χ3v) is 3.52. The number of morpholine rings is 1. The van der Waals surface area contributed by atoms with Crippen LogP contribution in [0.15, 0.2) is 24.3 Å². The number of ether oxygens (including phenoxy) is 2. The van der Waals surface area contributed by atoms with Crippen LogP contribution in [0.4, 0.5) is 5.69 Å². The van der Waals surface area contributed by atoms with Crippen LogP contribution < -0.4 is 5.32 Å². The van der Waals surface area contributed by atoms with Gasteiger partial charge in [0, 0.05) is 25.7 Å². The van der Waals surface area contributed by atoms with E-state index in [1.165, 1.54) is 13.0 Å². The maximum atomic E-state index is 12.2. The van der Waals surface area contributed by atoms with Crippen LogP contribution in [0.1, 0.15) is 31.1 Å². The molecule has 0 radical (unpaired) electrons. The highest BCUT2D eigenvalue weighted by atomic mass is 16.5. The van der Waals surface area contributed by atoms with E-state index >= 15 is 0 Å². The van der Waals surface area contributed by atoms with Crippen LogP contribution in [0, 0.1) is 0 Å². The zero-order valence-corrected chi connectivity index (χ0v) is 14.1. The molecule has 130 valence electrons. The standard InChI is InChI=1S/C17H22N2O5/c1-11-8-19(9-12(2)24-11)16(21)10-23-17(22)14-5-4-6-15(7-14)18-13(3)20/h4-7,11-12H,8-10H2,1-3H3,(H,18,20)/t11-,12+. The fraction of sp³-hybridized carbons (Fsp3) is 0.471. The van der Waals surface area contributed by atoms with E-state index < -0.39 is 5.97 Å². The van der Waals surface area contributed by atoms with E-state index in [1.807, 2.05) is 13.8 Å². The van der Waals surface area contributed by atoms with E-state index in [2.05, 4.69) is 5.32 Å². The Bertz CT molecular complexity index is 621. The summed E-state index contributed by atoms with van der Waals surface area (Å²) in [5.74, 6) is -1.08. The molecule has 2 rings (SSSR count). The van der Waals surface area contributed by atoms with Gasteiger partial charge in [0.2, 0.25) is 5.91 Å². The van der Waals surface area contributed by atoms with Crippen molar-refractivity contribution in [2.75, 3.05) is 25.0 Å². The van der Waals surface area contributed by atoms with Crippen molar-refractivity contribution in [3.8, 4) is 0 Å². The maximum Gasteiger partial charge on any atom is 0.338 e. The van der Waals surface area contributed by atoms with E-state index in [0.717, 1.165) is 0 Å². The molecule has 1 fully saturated rings. The summed E-state index contributed by atoms with van der Waals surface area (Å²) in [7, 11) is 0. The van der Waals surface area contributed by atoms with Crippen LogP contribution in [-0.4, -0.2) is 54.6 Å². The molecule has 0 bridgehead atoms. The number of amides is 2. The summed E-state index contributed by atoms with van der Waals surface area (Å²) in [5.41, 5.74) is 0.775. The molecular formula is C17H22N2O5. The SMILES string of the molecule is CC(=O)Nc1cccc(C(=O)OCC(=O)N2C[C@@H](C)O[C@@H](C)C2)c1. The number of hydrogen-bond donors (Lipinski definition) is 1. The third kappa shape index (κ3) is 5.06. The molecule has 1 aromatic rings. The van der Waals surface area contributed by atoms with E-state index in [9.17, 15) is 14.4 Å². The Morgan fingerprint density at radius 3 is 2.54 bits per heavy atom. The highest BCUT2D eigenvalue weighted by Gasteiger charge is 2.26. The van der Waals surface area contributed by atoms with Crippen LogP contribution in [0.2, 0.25) is 0 Å². The molecule has 1 N–H and O–H groups in total. The molecule has 0 aromatic heterocycles. The van der Waals surface area contributed by atoms with Crippen LogP contribution in [0.5, 0.6) is 0 Å². The molecule has 0 spiro atoms. The predicted molar refractivity (Wildman–Crippen MR) is 87.6 cm³/mol. The van der Waals surface area contributed by atoms with Crippen molar-refractivity contribution in [2.24, 2.45) is 0 Å². The lowest BCUT2D eigenvalue weighted by atomic mass is 10.2. The number of rotatable bonds is 4. The molecular weight excluding hydrogens is 312 g/mol. The minimum absolute atomic E-state index is 0.0391. The Labute approximate surface area is 140 Å². The van der Waals surface area contributed by atoms with E-state index in [-0.39, 0.29) is 36.2 Å². The Hall–Kier alpha value is -2.41. The van der Waals surface area contributed by atoms with E-state index in [4.69, 9.17) is 9.47 Å². The third-order valence-electron chi connectivity index (χ3n) is 3.52. The summed E-state index contributed by atoms with van der Waals surface area (Å²) in [5, 5.41) is 2.59. The van der Waals surface area contributed by atoms with Crippen LogP contribution in [0.3, 0.4) is 0 Å². The fourth-order valence-corrected chi connectivity index (χ4v) is 2.61. The molecule has 1 saturated heterocycles. The first kappa shape index (κ1) is 17.9. The van der Waals surface area contributed by atoms with Crippen LogP contribution >= 0.6 is 0 Å². The van der Waals surface area contributed by atoms with Crippen molar-refractivity contribution >= 4 is 23.5 Å². The summed E-state index contributed by atoms with van der Waals surface area (Å²) in [6.45, 7) is 5.83. The van der Waals surface area contributed by atoms with Gasteiger partial charge in [-0.25, -0.2) is 4.79 Å². The van der Waals surface area contributed by atoms with Gasteiger partial charge >= 0.3 is 5.97 Å². The van der Waals surface area contributed by atoms with Crippen molar-refractivity contribution in [1.82, 2.24) is 4.90 Å². The smallest absolute Gasteiger partial charge is 0.338 e. The number of carbonyl (C=O) groups excluding carboxylic acids is 3. The van der Waals surface area contributed by atoms with Gasteiger partial charge in [-0.1, -0.05) is 6.07 Å². The Morgan fingerprint density at radius 1 is 1.25 bits per heavy atom. The average Bonchev–Trinajstić information content (AvgIpc) is 2.51. The molecule has 1 heterocycles. The highest BCUT2D eigenvalue weighted by molar-refractivity contribution is 5.94. The molecule has 0 unspecified atom stereocenters. The fourth-order valence-electron chi connectivity index (χ4n) is 2.61. The lowest BCUT2D eigenvalue weighted by Gasteiger charge is -2.35. The second-order valence-corrected chi connectivity index (χ2v) is 5.89. The molecule has 1 aliphatic rings. The first-order valence-corrected chi connectivity index (χ1v) is 7.83. The first-order chi connectivity index (χ1) is 11.3. The van der Waals surface area contributed by atoms with Gasteiger partial charge < -0.3 is 19.7 Å². The zero-order chi connectivity index (χ0) is 17.7. The lowest BCUT2D eigenvalue weighted by Crippen LogP contribution is -2.49. The summed E-state index contributed by atoms with van der Waals surface area (Å²) in [6, 6.07) is 6.37. The van der Waals surface area contributed by atoms with Crippen LogP contribution in [0.25, 0.3) is 0 Å². The molecule has 24 heavy (non-hydrogen) atoms. The van der Waals surface area contributed by atoms with Crippen molar-refractivity contribution in [1.29, 1.82) is 0 Å². The largest absolute Gasteiger partial charge is 0.452 e. The molecule has 7 nitrogen and oxygen atoms in total. The van der Waals surface area contributed by atoms with Gasteiger partial charge in [0.15, 0.2) is 6.61 Å². The summed E-state index contributed by atoms with van der Waals surface area (Å²) < 4.78 is 10.7. The normalized spacial score (nSPS) is 20.4. The highest BCUT2D eigenvalue weighted by Crippen LogP contribution is 2.13. The minimum Gasteiger partial charge on any atom is -0.452 e. The summed E-state index contributed by atoms with van der Waals surface area (Å²) in [6.07, 6.45) is -0.0783. The van der Waals surface area contributed by atoms with Gasteiger partial charge in [-0.3, -0.25) is 9.59 Å². The monoisotopic (exact) mass is 334 g/mol. The minimum atomic E-state index is -0.607. The van der Waals surface area contributed by atoms with Gasteiger partial charge in [-0.05, 0) is 32.0 Å². The van der Waals surface area contributed by atoms with E-state index in [0.29, 0.717) is 18.8 Å². The topological polar surface area (TPSA) is 84.9 Å².